The van der Waals surface area contributed by atoms with Gasteiger partial charge in [0.25, 0.3) is 0 Å². The van der Waals surface area contributed by atoms with Crippen LogP contribution >= 0.6 is 0 Å². The lowest BCUT2D eigenvalue weighted by molar-refractivity contribution is -0.109. The van der Waals surface area contributed by atoms with E-state index in [0.717, 1.165) is 25.0 Å². The molecule has 6 nitrogen and oxygen atoms in total. The Morgan fingerprint density at radius 3 is 2.86 bits per heavy atom. The van der Waals surface area contributed by atoms with E-state index in [9.17, 15) is 0 Å². The first-order valence-corrected chi connectivity index (χ1v) is 7.91. The highest BCUT2D eigenvalue weighted by Crippen LogP contribution is 2.38. The molecule has 2 heterocycles. The van der Waals surface area contributed by atoms with Gasteiger partial charge in [-0.3, -0.25) is 0 Å². The zero-order valence-electron chi connectivity index (χ0n) is 12.5. The number of nitrogens with zero attached hydrogens (tertiary/aromatic N) is 2. The van der Waals surface area contributed by atoms with Crippen molar-refractivity contribution >= 4 is 11.8 Å². The molecular weight excluding hydrogens is 266 g/mol. The topological polar surface area (TPSA) is 99.1 Å². The molecule has 0 radical (unpaired) electrons. The van der Waals surface area contributed by atoms with Crippen molar-refractivity contribution in [3.63, 3.8) is 0 Å². The third-order valence-electron chi connectivity index (χ3n) is 4.76. The Hall–Kier alpha value is -1.40. The highest BCUT2D eigenvalue weighted by Gasteiger charge is 2.38. The van der Waals surface area contributed by atoms with E-state index in [4.69, 9.17) is 16.2 Å². The van der Waals surface area contributed by atoms with Crippen LogP contribution in [-0.2, 0) is 11.3 Å². The number of ether oxygens (including phenoxy) is 1. The van der Waals surface area contributed by atoms with E-state index in [1.807, 2.05) is 0 Å². The van der Waals surface area contributed by atoms with Gasteiger partial charge in [-0.05, 0) is 25.7 Å². The van der Waals surface area contributed by atoms with E-state index in [1.54, 1.807) is 6.20 Å². The molecule has 0 bridgehead atoms. The first kappa shape index (κ1) is 14.5. The summed E-state index contributed by atoms with van der Waals surface area (Å²) in [5.41, 5.74) is 12.4. The predicted molar refractivity (Wildman–Crippen MR) is 82.5 cm³/mol. The fourth-order valence-electron chi connectivity index (χ4n) is 3.57. The van der Waals surface area contributed by atoms with Crippen molar-refractivity contribution in [1.29, 1.82) is 0 Å². The van der Waals surface area contributed by atoms with Crippen molar-refractivity contribution in [2.75, 3.05) is 18.1 Å². The van der Waals surface area contributed by atoms with Crippen molar-refractivity contribution < 1.29 is 4.74 Å². The lowest BCUT2D eigenvalue weighted by Crippen LogP contribution is -2.47. The van der Waals surface area contributed by atoms with Crippen LogP contribution in [0.15, 0.2) is 6.20 Å². The van der Waals surface area contributed by atoms with Crippen LogP contribution in [0.5, 0.6) is 0 Å². The summed E-state index contributed by atoms with van der Waals surface area (Å²) in [7, 11) is 0. The molecule has 1 atom stereocenters. The number of aromatic nitrogens is 2. The molecule has 5 N–H and O–H groups in total. The van der Waals surface area contributed by atoms with Gasteiger partial charge in [0.05, 0.1) is 5.60 Å². The summed E-state index contributed by atoms with van der Waals surface area (Å²) < 4.78 is 6.12. The van der Waals surface area contributed by atoms with E-state index >= 15 is 0 Å². The summed E-state index contributed by atoms with van der Waals surface area (Å²) >= 11 is 0. The first-order chi connectivity index (χ1) is 10.2. The Morgan fingerprint density at radius 1 is 1.29 bits per heavy atom. The molecule has 3 rings (SSSR count). The monoisotopic (exact) mass is 291 g/mol. The molecule has 1 saturated carbocycles. The van der Waals surface area contributed by atoms with E-state index in [2.05, 4.69) is 15.3 Å². The quantitative estimate of drug-likeness (QED) is 0.782. The minimum absolute atomic E-state index is 0.122. The van der Waals surface area contributed by atoms with Crippen molar-refractivity contribution in [3.05, 3.63) is 11.8 Å². The van der Waals surface area contributed by atoms with Gasteiger partial charge in [0.2, 0.25) is 5.95 Å². The summed E-state index contributed by atoms with van der Waals surface area (Å²) in [5.74, 6) is 0.693. The van der Waals surface area contributed by atoms with Crippen molar-refractivity contribution in [3.8, 4) is 0 Å². The van der Waals surface area contributed by atoms with Crippen molar-refractivity contribution in [1.82, 2.24) is 15.3 Å². The molecule has 6 heteroatoms. The number of rotatable bonds is 3. The molecule has 1 aliphatic carbocycles. The maximum Gasteiger partial charge on any atom is 0.221 e. The summed E-state index contributed by atoms with van der Waals surface area (Å²) in [6.07, 6.45) is 10.2. The van der Waals surface area contributed by atoms with Crippen LogP contribution in [0.25, 0.3) is 0 Å². The van der Waals surface area contributed by atoms with Crippen LogP contribution in [-0.4, -0.2) is 28.2 Å². The Labute approximate surface area is 125 Å². The summed E-state index contributed by atoms with van der Waals surface area (Å²) in [6.45, 7) is 1.54. The number of nitrogens with one attached hydrogen (secondary N) is 1. The van der Waals surface area contributed by atoms with Gasteiger partial charge in [0.15, 0.2) is 0 Å². The number of hydrogen-bond acceptors (Lipinski definition) is 6. The minimum atomic E-state index is 0.122. The van der Waals surface area contributed by atoms with Crippen LogP contribution in [0.4, 0.5) is 11.8 Å². The van der Waals surface area contributed by atoms with Crippen LogP contribution in [0, 0.1) is 0 Å². The van der Waals surface area contributed by atoms with E-state index in [1.165, 1.54) is 32.1 Å². The molecule has 1 aromatic heterocycles. The number of nitrogens with two attached hydrogens (primary N) is 2. The van der Waals surface area contributed by atoms with Crippen LogP contribution in [0.2, 0.25) is 0 Å². The lowest BCUT2D eigenvalue weighted by atomic mass is 9.78. The van der Waals surface area contributed by atoms with Gasteiger partial charge in [-0.25, -0.2) is 4.98 Å². The SMILES string of the molecule is Nc1ncc(CNC2CCOC3(CCCCC3)C2)c(N)n1. The third-order valence-corrected chi connectivity index (χ3v) is 4.76. The summed E-state index contributed by atoms with van der Waals surface area (Å²) in [5, 5.41) is 3.59. The number of hydrogen-bond donors (Lipinski definition) is 3. The maximum absolute atomic E-state index is 6.12. The largest absolute Gasteiger partial charge is 0.383 e. The number of anilines is 2. The smallest absolute Gasteiger partial charge is 0.221 e. The van der Waals surface area contributed by atoms with Gasteiger partial charge in [0, 0.05) is 31.0 Å². The molecular formula is C15H25N5O. The van der Waals surface area contributed by atoms with E-state index in [-0.39, 0.29) is 11.5 Å². The average Bonchev–Trinajstić information content (AvgIpc) is 2.47. The Kier molecular flexibility index (Phi) is 4.26. The fraction of sp³-hybridized carbons (Fsp3) is 0.733. The Balaban J connectivity index is 1.57. The first-order valence-electron chi connectivity index (χ1n) is 7.91. The van der Waals surface area contributed by atoms with Crippen LogP contribution in [0.3, 0.4) is 0 Å². The standard InChI is InChI=1S/C15H25N5O/c16-13-11(10-19-14(17)20-13)9-18-12-4-7-21-15(8-12)5-2-1-3-6-15/h10,12,18H,1-9H2,(H4,16,17,19,20). The fourth-order valence-corrected chi connectivity index (χ4v) is 3.57. The highest BCUT2D eigenvalue weighted by molar-refractivity contribution is 5.41. The normalized spacial score (nSPS) is 25.0. The molecule has 21 heavy (non-hydrogen) atoms. The molecule has 1 spiro atoms. The van der Waals surface area contributed by atoms with Crippen molar-refractivity contribution in [2.24, 2.45) is 0 Å². The average molecular weight is 291 g/mol. The second-order valence-corrected chi connectivity index (χ2v) is 6.30. The van der Waals surface area contributed by atoms with Crippen LogP contribution < -0.4 is 16.8 Å². The van der Waals surface area contributed by atoms with Gasteiger partial charge in [-0.2, -0.15) is 4.98 Å². The zero-order chi connectivity index (χ0) is 14.7. The van der Waals surface area contributed by atoms with Gasteiger partial charge in [0.1, 0.15) is 5.82 Å². The molecule has 0 amide bonds. The molecule has 116 valence electrons. The van der Waals surface area contributed by atoms with Gasteiger partial charge < -0.3 is 21.5 Å². The van der Waals surface area contributed by atoms with Crippen molar-refractivity contribution in [2.45, 2.75) is 63.1 Å². The second-order valence-electron chi connectivity index (χ2n) is 6.30. The molecule has 1 aliphatic heterocycles. The maximum atomic E-state index is 6.12. The minimum Gasteiger partial charge on any atom is -0.383 e. The van der Waals surface area contributed by atoms with Gasteiger partial charge >= 0.3 is 0 Å². The molecule has 0 aromatic carbocycles. The third kappa shape index (κ3) is 3.44. The number of nitrogen functional groups attached to an aromatic ring is 2. The van der Waals surface area contributed by atoms with Gasteiger partial charge in [-0.1, -0.05) is 19.3 Å². The lowest BCUT2D eigenvalue weighted by Gasteiger charge is -2.43. The molecule has 2 aliphatic rings. The van der Waals surface area contributed by atoms with E-state index < -0.39 is 0 Å². The van der Waals surface area contributed by atoms with Crippen LogP contribution in [0.1, 0.15) is 50.5 Å². The molecule has 1 aromatic rings. The Bertz CT molecular complexity index is 481. The predicted octanol–water partition coefficient (Wildman–Crippen LogP) is 1.61. The van der Waals surface area contributed by atoms with Gasteiger partial charge in [-0.15, -0.1) is 0 Å². The molecule has 1 unspecified atom stereocenters. The summed E-state index contributed by atoms with van der Waals surface area (Å²) in [4.78, 5) is 8.01. The zero-order valence-corrected chi connectivity index (χ0v) is 12.5. The molecule has 1 saturated heterocycles. The molecule has 2 fully saturated rings. The Morgan fingerprint density at radius 2 is 2.10 bits per heavy atom. The second kappa shape index (κ2) is 6.15. The van der Waals surface area contributed by atoms with E-state index in [0.29, 0.717) is 18.4 Å². The summed E-state index contributed by atoms with van der Waals surface area (Å²) in [6, 6.07) is 0.480. The highest BCUT2D eigenvalue weighted by atomic mass is 16.5.